The first kappa shape index (κ1) is 15.1. The Bertz CT molecular complexity index is 587. The standard InChI is InChI=1S/C14H16F2N4O/c15-11-5-3-10(8-12(11)16)4-6-14(21)17-7-1-2-13-18-9-19-20-13/h3,5,8-9H,1-2,4,6-7H2,(H,17,21)(H,18,19,20). The summed E-state index contributed by atoms with van der Waals surface area (Å²) in [5.41, 5.74) is 0.603. The van der Waals surface area contributed by atoms with Gasteiger partial charge in [0, 0.05) is 19.4 Å². The lowest BCUT2D eigenvalue weighted by Gasteiger charge is -2.05. The Balaban J connectivity index is 1.64. The molecule has 0 saturated heterocycles. The van der Waals surface area contributed by atoms with Gasteiger partial charge in [0.15, 0.2) is 11.6 Å². The number of aryl methyl sites for hydroxylation is 2. The molecular weight excluding hydrogens is 278 g/mol. The van der Waals surface area contributed by atoms with Crippen LogP contribution in [0.4, 0.5) is 8.78 Å². The number of carbonyl (C=O) groups excluding carboxylic acids is 1. The highest BCUT2D eigenvalue weighted by Crippen LogP contribution is 2.10. The Kier molecular flexibility index (Phi) is 5.36. The number of benzene rings is 1. The summed E-state index contributed by atoms with van der Waals surface area (Å²) < 4.78 is 25.8. The van der Waals surface area contributed by atoms with Crippen molar-refractivity contribution in [2.24, 2.45) is 0 Å². The molecule has 0 unspecified atom stereocenters. The van der Waals surface area contributed by atoms with Gasteiger partial charge in [0.05, 0.1) is 0 Å². The highest BCUT2D eigenvalue weighted by molar-refractivity contribution is 5.76. The van der Waals surface area contributed by atoms with Crippen LogP contribution < -0.4 is 5.32 Å². The minimum absolute atomic E-state index is 0.114. The molecule has 2 rings (SSSR count). The molecule has 0 atom stereocenters. The van der Waals surface area contributed by atoms with Crippen LogP contribution in [0.5, 0.6) is 0 Å². The largest absolute Gasteiger partial charge is 0.356 e. The van der Waals surface area contributed by atoms with Crippen LogP contribution in [-0.2, 0) is 17.6 Å². The average molecular weight is 294 g/mol. The number of amides is 1. The monoisotopic (exact) mass is 294 g/mol. The number of hydrogen-bond donors (Lipinski definition) is 2. The molecule has 0 fully saturated rings. The number of rotatable bonds is 7. The maximum atomic E-state index is 13.0. The Morgan fingerprint density at radius 3 is 2.81 bits per heavy atom. The normalized spacial score (nSPS) is 10.6. The molecule has 0 spiro atoms. The summed E-state index contributed by atoms with van der Waals surface area (Å²) >= 11 is 0. The van der Waals surface area contributed by atoms with Crippen molar-refractivity contribution in [3.8, 4) is 0 Å². The van der Waals surface area contributed by atoms with Crippen molar-refractivity contribution >= 4 is 5.91 Å². The third kappa shape index (κ3) is 4.94. The second-order valence-electron chi connectivity index (χ2n) is 4.63. The van der Waals surface area contributed by atoms with E-state index in [9.17, 15) is 13.6 Å². The number of aromatic nitrogens is 3. The van der Waals surface area contributed by atoms with Crippen LogP contribution in [0.25, 0.3) is 0 Å². The second kappa shape index (κ2) is 7.47. The van der Waals surface area contributed by atoms with E-state index in [1.165, 1.54) is 12.4 Å². The van der Waals surface area contributed by atoms with Crippen LogP contribution >= 0.6 is 0 Å². The van der Waals surface area contributed by atoms with Crippen molar-refractivity contribution in [2.75, 3.05) is 6.54 Å². The fourth-order valence-electron chi connectivity index (χ4n) is 1.88. The van der Waals surface area contributed by atoms with Crippen molar-refractivity contribution in [1.29, 1.82) is 0 Å². The molecule has 112 valence electrons. The Labute approximate surface area is 120 Å². The van der Waals surface area contributed by atoms with Gasteiger partial charge in [0.25, 0.3) is 0 Å². The van der Waals surface area contributed by atoms with Crippen molar-refractivity contribution in [3.63, 3.8) is 0 Å². The molecule has 1 amide bonds. The lowest BCUT2D eigenvalue weighted by Crippen LogP contribution is -2.25. The molecule has 0 aliphatic heterocycles. The van der Waals surface area contributed by atoms with Crippen LogP contribution in [-0.4, -0.2) is 27.6 Å². The van der Waals surface area contributed by atoms with Gasteiger partial charge in [-0.05, 0) is 30.5 Å². The third-order valence-electron chi connectivity index (χ3n) is 3.00. The van der Waals surface area contributed by atoms with Gasteiger partial charge < -0.3 is 5.32 Å². The van der Waals surface area contributed by atoms with Gasteiger partial charge in [0.2, 0.25) is 5.91 Å². The number of H-pyrrole nitrogens is 1. The van der Waals surface area contributed by atoms with Gasteiger partial charge in [-0.25, -0.2) is 13.8 Å². The smallest absolute Gasteiger partial charge is 0.220 e. The Hall–Kier alpha value is -2.31. The SMILES string of the molecule is O=C(CCc1ccc(F)c(F)c1)NCCCc1ncn[nH]1. The van der Waals surface area contributed by atoms with Crippen LogP contribution in [0.1, 0.15) is 24.2 Å². The van der Waals surface area contributed by atoms with Gasteiger partial charge in [-0.1, -0.05) is 6.07 Å². The quantitative estimate of drug-likeness (QED) is 0.764. The summed E-state index contributed by atoms with van der Waals surface area (Å²) in [4.78, 5) is 15.6. The lowest BCUT2D eigenvalue weighted by atomic mass is 10.1. The van der Waals surface area contributed by atoms with E-state index in [1.807, 2.05) is 0 Å². The summed E-state index contributed by atoms with van der Waals surface area (Å²) in [6.45, 7) is 0.539. The zero-order valence-corrected chi connectivity index (χ0v) is 11.4. The molecule has 0 aliphatic rings. The van der Waals surface area contributed by atoms with Crippen LogP contribution in [0.15, 0.2) is 24.5 Å². The predicted octanol–water partition coefficient (Wildman–Crippen LogP) is 1.76. The van der Waals surface area contributed by atoms with E-state index in [0.717, 1.165) is 24.4 Å². The van der Waals surface area contributed by atoms with E-state index in [2.05, 4.69) is 20.5 Å². The van der Waals surface area contributed by atoms with Crippen molar-refractivity contribution in [3.05, 3.63) is 47.5 Å². The third-order valence-corrected chi connectivity index (χ3v) is 3.00. The predicted molar refractivity (Wildman–Crippen MR) is 72.4 cm³/mol. The van der Waals surface area contributed by atoms with E-state index in [-0.39, 0.29) is 12.3 Å². The topological polar surface area (TPSA) is 70.7 Å². The highest BCUT2D eigenvalue weighted by atomic mass is 19.2. The second-order valence-corrected chi connectivity index (χ2v) is 4.63. The molecule has 5 nitrogen and oxygen atoms in total. The minimum atomic E-state index is -0.889. The Morgan fingerprint density at radius 1 is 1.24 bits per heavy atom. The Morgan fingerprint density at radius 2 is 2.10 bits per heavy atom. The van der Waals surface area contributed by atoms with E-state index in [1.54, 1.807) is 0 Å². The number of halogens is 2. The van der Waals surface area contributed by atoms with Crippen LogP contribution in [0, 0.1) is 11.6 Å². The number of hydrogen-bond acceptors (Lipinski definition) is 3. The van der Waals surface area contributed by atoms with E-state index < -0.39 is 11.6 Å². The zero-order chi connectivity index (χ0) is 15.1. The van der Waals surface area contributed by atoms with E-state index >= 15 is 0 Å². The first-order chi connectivity index (χ1) is 10.1. The number of aromatic amines is 1. The molecule has 0 bridgehead atoms. The molecule has 1 aromatic heterocycles. The molecule has 1 aromatic carbocycles. The number of nitrogens with zero attached hydrogens (tertiary/aromatic N) is 2. The minimum Gasteiger partial charge on any atom is -0.356 e. The maximum Gasteiger partial charge on any atom is 0.220 e. The van der Waals surface area contributed by atoms with Crippen molar-refractivity contribution < 1.29 is 13.6 Å². The first-order valence-corrected chi connectivity index (χ1v) is 6.70. The molecule has 0 saturated carbocycles. The molecule has 2 aromatic rings. The molecule has 2 N–H and O–H groups in total. The van der Waals surface area contributed by atoms with Gasteiger partial charge in [-0.3, -0.25) is 9.89 Å². The molecule has 21 heavy (non-hydrogen) atoms. The zero-order valence-electron chi connectivity index (χ0n) is 11.4. The first-order valence-electron chi connectivity index (χ1n) is 6.70. The molecular formula is C14H16F2N4O. The van der Waals surface area contributed by atoms with Crippen molar-refractivity contribution in [1.82, 2.24) is 20.5 Å². The fourth-order valence-corrected chi connectivity index (χ4v) is 1.88. The van der Waals surface area contributed by atoms with Gasteiger partial charge in [-0.15, -0.1) is 0 Å². The molecule has 1 heterocycles. The lowest BCUT2D eigenvalue weighted by molar-refractivity contribution is -0.121. The summed E-state index contributed by atoms with van der Waals surface area (Å²) in [6.07, 6.45) is 3.53. The molecule has 0 radical (unpaired) electrons. The summed E-state index contributed by atoms with van der Waals surface area (Å²) in [5.74, 6) is -1.10. The van der Waals surface area contributed by atoms with Gasteiger partial charge in [-0.2, -0.15) is 5.10 Å². The summed E-state index contributed by atoms with van der Waals surface area (Å²) in [7, 11) is 0. The van der Waals surface area contributed by atoms with Gasteiger partial charge >= 0.3 is 0 Å². The average Bonchev–Trinajstić information content (AvgIpc) is 2.98. The van der Waals surface area contributed by atoms with E-state index in [4.69, 9.17) is 0 Å². The molecule has 0 aliphatic carbocycles. The van der Waals surface area contributed by atoms with Crippen LogP contribution in [0.2, 0.25) is 0 Å². The summed E-state index contributed by atoms with van der Waals surface area (Å²) in [6, 6.07) is 3.67. The number of carbonyl (C=O) groups is 1. The maximum absolute atomic E-state index is 13.0. The number of nitrogens with one attached hydrogen (secondary N) is 2. The fraction of sp³-hybridized carbons (Fsp3) is 0.357. The summed E-state index contributed by atoms with van der Waals surface area (Å²) in [5, 5.41) is 9.25. The highest BCUT2D eigenvalue weighted by Gasteiger charge is 2.05. The molecule has 7 heteroatoms. The van der Waals surface area contributed by atoms with Gasteiger partial charge in [0.1, 0.15) is 12.2 Å². The van der Waals surface area contributed by atoms with Crippen molar-refractivity contribution in [2.45, 2.75) is 25.7 Å². The van der Waals surface area contributed by atoms with Crippen LogP contribution in [0.3, 0.4) is 0 Å². The van der Waals surface area contributed by atoms with E-state index in [0.29, 0.717) is 24.9 Å².